The molecule has 0 saturated carbocycles. The molecule has 0 heterocycles. The quantitative estimate of drug-likeness (QED) is 0.134. The zero-order valence-corrected chi connectivity index (χ0v) is 38.3. The zero-order valence-electron chi connectivity index (χ0n) is 34.7. The fourth-order valence-electron chi connectivity index (χ4n) is 9.97. The van der Waals surface area contributed by atoms with Gasteiger partial charge in [-0.25, -0.2) is 0 Å². The number of hydrogen-bond acceptors (Lipinski definition) is 0. The van der Waals surface area contributed by atoms with E-state index in [1.165, 1.54) is 66.8 Å². The van der Waals surface area contributed by atoms with Gasteiger partial charge in [0.1, 0.15) is 0 Å². The Kier molecular flexibility index (Phi) is 9.94. The van der Waals surface area contributed by atoms with Crippen LogP contribution in [0.3, 0.4) is 0 Å². The van der Waals surface area contributed by atoms with Crippen LogP contribution in [0.2, 0.25) is 9.36 Å². The average molecular weight is 898 g/mol. The molecule has 2 aliphatic rings. The van der Waals surface area contributed by atoms with Gasteiger partial charge in [-0.05, 0) is 0 Å². The number of fused-ring (bicyclic) bond motifs is 2. The second-order valence-electron chi connectivity index (χ2n) is 19.5. The molecule has 0 radical (unpaired) electrons. The molecule has 0 bridgehead atoms. The SMILES string of the molecule is CC(C)(C)c1cccc(-c2cccc3c2C=C[CH]3[Hf]([CH3])([CH3])(=[C](Cc2ccccc2)Cc2ccccc2)[CH]2C=Cc3c(-c4cccc(C(C)(C)C)c4)cccc32)c1. The molecule has 2 unspecified atom stereocenters. The van der Waals surface area contributed by atoms with Crippen LogP contribution in [-0.2, 0) is 41.7 Å². The van der Waals surface area contributed by atoms with Crippen molar-refractivity contribution in [1.29, 1.82) is 0 Å². The topological polar surface area (TPSA) is 0 Å². The first-order valence-corrected chi connectivity index (χ1v) is 33.8. The number of benzene rings is 6. The van der Waals surface area contributed by atoms with Gasteiger partial charge in [-0.1, -0.05) is 0 Å². The maximum atomic E-state index is 2.83. The molecule has 6 aromatic rings. The summed E-state index contributed by atoms with van der Waals surface area (Å²) in [6.45, 7) is 13.9. The van der Waals surface area contributed by atoms with E-state index in [0.29, 0.717) is 7.35 Å². The maximum absolute atomic E-state index is 4.52. The van der Waals surface area contributed by atoms with Crippen molar-refractivity contribution in [1.82, 2.24) is 0 Å². The van der Waals surface area contributed by atoms with Gasteiger partial charge < -0.3 is 0 Å². The van der Waals surface area contributed by atoms with E-state index >= 15 is 0 Å². The zero-order chi connectivity index (χ0) is 39.3. The molecule has 8 rings (SSSR count). The Balaban J connectivity index is 1.38. The van der Waals surface area contributed by atoms with E-state index < -0.39 is 18.0 Å². The van der Waals surface area contributed by atoms with Crippen LogP contribution in [0, 0.1) is 0 Å². The van der Waals surface area contributed by atoms with Gasteiger partial charge in [0, 0.05) is 0 Å². The Hall–Kier alpha value is -4.46. The summed E-state index contributed by atoms with van der Waals surface area (Å²) in [5, 5.41) is 0. The summed E-state index contributed by atoms with van der Waals surface area (Å²) in [4.78, 5) is 0. The molecular formula is C55H58Hf. The molecule has 0 fully saturated rings. The van der Waals surface area contributed by atoms with Crippen LogP contribution in [0.15, 0.2) is 158 Å². The van der Waals surface area contributed by atoms with E-state index in [4.69, 9.17) is 0 Å². The first-order chi connectivity index (χ1) is 26.7. The monoisotopic (exact) mass is 898 g/mol. The molecule has 0 N–H and O–H groups in total. The van der Waals surface area contributed by atoms with Gasteiger partial charge in [0.25, 0.3) is 0 Å². The van der Waals surface area contributed by atoms with E-state index in [2.05, 4.69) is 221 Å². The van der Waals surface area contributed by atoms with Crippen molar-refractivity contribution >= 4 is 15.4 Å². The first kappa shape index (κ1) is 38.4. The summed E-state index contributed by atoms with van der Waals surface area (Å²) in [5.41, 5.74) is 16.9. The van der Waals surface area contributed by atoms with Crippen molar-refractivity contribution in [3.8, 4) is 22.3 Å². The van der Waals surface area contributed by atoms with Gasteiger partial charge in [0.05, 0.1) is 0 Å². The first-order valence-electron chi connectivity index (χ1n) is 20.7. The summed E-state index contributed by atoms with van der Waals surface area (Å²) in [5.74, 6) is 0. The summed E-state index contributed by atoms with van der Waals surface area (Å²) in [6.07, 6.45) is 12.3. The van der Waals surface area contributed by atoms with Crippen molar-refractivity contribution in [2.75, 3.05) is 0 Å². The van der Waals surface area contributed by atoms with E-state index in [0.717, 1.165) is 12.8 Å². The second kappa shape index (κ2) is 14.5. The van der Waals surface area contributed by atoms with Crippen molar-refractivity contribution in [2.45, 2.75) is 81.9 Å². The number of rotatable bonds is 8. The van der Waals surface area contributed by atoms with Gasteiger partial charge in [-0.2, -0.15) is 0 Å². The normalized spacial score (nSPS) is 16.5. The third-order valence-corrected chi connectivity index (χ3v) is 40.1. The minimum atomic E-state index is -4.52. The van der Waals surface area contributed by atoms with Crippen LogP contribution in [0.25, 0.3) is 34.4 Å². The van der Waals surface area contributed by atoms with Crippen molar-refractivity contribution in [2.24, 2.45) is 0 Å². The Morgan fingerprint density at radius 2 is 0.857 bits per heavy atom. The molecule has 0 saturated heterocycles. The summed E-state index contributed by atoms with van der Waals surface area (Å²) >= 11 is -4.52. The summed E-state index contributed by atoms with van der Waals surface area (Å²) < 4.78 is 8.12. The Labute approximate surface area is 337 Å². The minimum absolute atomic E-state index is 0.0865. The van der Waals surface area contributed by atoms with E-state index in [1.54, 1.807) is 3.26 Å². The fraction of sp³-hybridized carbons (Fsp3) is 0.255. The van der Waals surface area contributed by atoms with Gasteiger partial charge in [-0.15, -0.1) is 0 Å². The fourth-order valence-corrected chi connectivity index (χ4v) is 33.6. The van der Waals surface area contributed by atoms with E-state index in [-0.39, 0.29) is 10.8 Å². The van der Waals surface area contributed by atoms with Gasteiger partial charge in [0.15, 0.2) is 0 Å². The third-order valence-electron chi connectivity index (χ3n) is 13.5. The summed E-state index contributed by atoms with van der Waals surface area (Å²) in [6, 6.07) is 55.4. The van der Waals surface area contributed by atoms with Crippen LogP contribution in [0.1, 0.15) is 93.4 Å². The molecule has 0 amide bonds. The molecule has 0 spiro atoms. The Bertz CT molecular complexity index is 2370. The van der Waals surface area contributed by atoms with Crippen LogP contribution in [0.4, 0.5) is 0 Å². The van der Waals surface area contributed by atoms with Crippen LogP contribution in [-0.4, -0.2) is 3.26 Å². The van der Waals surface area contributed by atoms with E-state index in [1.807, 2.05) is 0 Å². The third kappa shape index (κ3) is 6.96. The number of allylic oxidation sites excluding steroid dienone is 2. The Morgan fingerprint density at radius 1 is 0.464 bits per heavy atom. The second-order valence-corrected chi connectivity index (χ2v) is 45.3. The molecule has 2 atom stereocenters. The molecule has 0 aromatic heterocycles. The van der Waals surface area contributed by atoms with Crippen LogP contribution in [0.5, 0.6) is 0 Å². The van der Waals surface area contributed by atoms with Crippen molar-refractivity contribution < 1.29 is 18.0 Å². The predicted octanol–water partition coefficient (Wildman–Crippen LogP) is 14.9. The standard InChI is InChI=1S/2C19H19.C15H14.2CH3.Hf/c2*1-19(2,3)16-10-4-9-15(13-16)18-12-6-8-14-7-5-11-17(14)18;1-3-8-14(9-4-1)12-7-13-15-10-5-2-6-11-15;;;/h2*4-13H,1-3H3;1-6,8-11H,12-13H2;2*1H3;. The molecular weight excluding hydrogens is 839 g/mol. The molecule has 282 valence electrons. The van der Waals surface area contributed by atoms with Gasteiger partial charge in [-0.3, -0.25) is 0 Å². The van der Waals surface area contributed by atoms with E-state index in [9.17, 15) is 0 Å². The molecule has 56 heavy (non-hydrogen) atoms. The summed E-state index contributed by atoms with van der Waals surface area (Å²) in [7, 11) is 0. The molecule has 0 nitrogen and oxygen atoms in total. The van der Waals surface area contributed by atoms with Gasteiger partial charge in [0.2, 0.25) is 0 Å². The average Bonchev–Trinajstić information content (AvgIpc) is 3.85. The van der Waals surface area contributed by atoms with Crippen LogP contribution < -0.4 is 0 Å². The Morgan fingerprint density at radius 3 is 1.25 bits per heavy atom. The van der Waals surface area contributed by atoms with Crippen LogP contribution >= 0.6 is 0 Å². The van der Waals surface area contributed by atoms with Crippen molar-refractivity contribution in [3.63, 3.8) is 0 Å². The van der Waals surface area contributed by atoms with Crippen molar-refractivity contribution in [3.05, 3.63) is 202 Å². The number of hydrogen-bond donors (Lipinski definition) is 0. The predicted molar refractivity (Wildman–Crippen MR) is 242 cm³/mol. The molecule has 1 heteroatoms. The molecule has 6 aromatic carbocycles. The van der Waals surface area contributed by atoms with Gasteiger partial charge >= 0.3 is 340 Å². The molecule has 2 aliphatic carbocycles. The molecule has 0 aliphatic heterocycles.